The van der Waals surface area contributed by atoms with Gasteiger partial charge >= 0.3 is 0 Å². The fourth-order valence-corrected chi connectivity index (χ4v) is 3.34. The smallest absolute Gasteiger partial charge is 0.174 e. The van der Waals surface area contributed by atoms with E-state index in [1.165, 1.54) is 0 Å². The van der Waals surface area contributed by atoms with Gasteiger partial charge in [-0.3, -0.25) is 0 Å². The van der Waals surface area contributed by atoms with Gasteiger partial charge in [0, 0.05) is 11.1 Å². The number of ether oxygens (including phenoxy) is 4. The third-order valence-electron chi connectivity index (χ3n) is 4.19. The van der Waals surface area contributed by atoms with Crippen molar-refractivity contribution < 1.29 is 18.9 Å². The first-order chi connectivity index (χ1) is 14.1. The molecule has 29 heavy (non-hydrogen) atoms. The van der Waals surface area contributed by atoms with E-state index in [0.717, 1.165) is 21.2 Å². The molecule has 0 amide bonds. The van der Waals surface area contributed by atoms with Crippen LogP contribution in [0.25, 0.3) is 0 Å². The lowest BCUT2D eigenvalue weighted by molar-refractivity contribution is 0.284. The fourth-order valence-electron chi connectivity index (χ4n) is 2.74. The fraction of sp³-hybridized carbons (Fsp3) is 0.167. The summed E-state index contributed by atoms with van der Waals surface area (Å²) < 4.78 is 22.9. The van der Waals surface area contributed by atoms with Gasteiger partial charge in [-0.1, -0.05) is 42.2 Å². The molecule has 0 fully saturated rings. The molecule has 0 bridgehead atoms. The van der Waals surface area contributed by atoms with Crippen molar-refractivity contribution in [1.82, 2.24) is 0 Å². The molecule has 0 heterocycles. The predicted molar refractivity (Wildman–Crippen MR) is 117 cm³/mol. The second-order valence-electron chi connectivity index (χ2n) is 6.08. The zero-order valence-corrected chi connectivity index (χ0v) is 18.1. The average molecular weight is 453 g/mol. The first-order valence-corrected chi connectivity index (χ1v) is 9.72. The van der Waals surface area contributed by atoms with Gasteiger partial charge in [-0.05, 0) is 51.8 Å². The second kappa shape index (κ2) is 9.90. The van der Waals surface area contributed by atoms with Gasteiger partial charge < -0.3 is 18.9 Å². The Hall–Kier alpha value is -3.10. The summed E-state index contributed by atoms with van der Waals surface area (Å²) >= 11 is 3.49. The van der Waals surface area contributed by atoms with Crippen LogP contribution in [0.1, 0.15) is 16.7 Å². The normalized spacial score (nSPS) is 9.93. The number of halogens is 1. The van der Waals surface area contributed by atoms with Crippen molar-refractivity contribution in [3.05, 3.63) is 81.8 Å². The zero-order valence-electron chi connectivity index (χ0n) is 16.5. The minimum Gasteiger partial charge on any atom is -0.493 e. The molecule has 3 aromatic rings. The lowest BCUT2D eigenvalue weighted by atomic mass is 10.1. The number of hydrogen-bond donors (Lipinski definition) is 0. The SMILES string of the molecule is COc1ccc(C#Cc2cc(Br)c(OC)c(OC)c2)cc1OCc1ccccc1. The van der Waals surface area contributed by atoms with Gasteiger partial charge in [-0.15, -0.1) is 0 Å². The van der Waals surface area contributed by atoms with E-state index in [1.807, 2.05) is 60.7 Å². The Morgan fingerprint density at radius 1 is 0.724 bits per heavy atom. The Balaban J connectivity index is 1.85. The van der Waals surface area contributed by atoms with E-state index in [1.54, 1.807) is 21.3 Å². The molecular formula is C24H21BrO4. The summed E-state index contributed by atoms with van der Waals surface area (Å²) in [6, 6.07) is 19.4. The van der Waals surface area contributed by atoms with E-state index < -0.39 is 0 Å². The van der Waals surface area contributed by atoms with Crippen molar-refractivity contribution in [3.8, 4) is 34.8 Å². The van der Waals surface area contributed by atoms with Crippen LogP contribution < -0.4 is 18.9 Å². The molecule has 0 N–H and O–H groups in total. The van der Waals surface area contributed by atoms with Crippen LogP contribution in [-0.4, -0.2) is 21.3 Å². The molecule has 3 rings (SSSR count). The molecule has 0 saturated heterocycles. The van der Waals surface area contributed by atoms with Gasteiger partial charge in [0.05, 0.1) is 25.8 Å². The van der Waals surface area contributed by atoms with Crippen LogP contribution in [0, 0.1) is 11.8 Å². The van der Waals surface area contributed by atoms with Gasteiger partial charge in [-0.25, -0.2) is 0 Å². The Kier molecular flexibility index (Phi) is 7.04. The van der Waals surface area contributed by atoms with Crippen molar-refractivity contribution in [2.45, 2.75) is 6.61 Å². The van der Waals surface area contributed by atoms with Crippen LogP contribution in [0.3, 0.4) is 0 Å². The summed E-state index contributed by atoms with van der Waals surface area (Å²) in [6.07, 6.45) is 0. The third kappa shape index (κ3) is 5.24. The molecule has 0 aromatic heterocycles. The van der Waals surface area contributed by atoms with Crippen LogP contribution in [0.15, 0.2) is 65.1 Å². The van der Waals surface area contributed by atoms with Gasteiger partial charge in [-0.2, -0.15) is 0 Å². The summed E-state index contributed by atoms with van der Waals surface area (Å²) in [5.74, 6) is 8.89. The highest BCUT2D eigenvalue weighted by Gasteiger charge is 2.10. The molecule has 4 nitrogen and oxygen atoms in total. The predicted octanol–water partition coefficient (Wildman–Crippen LogP) is 5.45. The summed E-state index contributed by atoms with van der Waals surface area (Å²) in [5.41, 5.74) is 2.71. The molecule has 148 valence electrons. The Morgan fingerprint density at radius 3 is 2.10 bits per heavy atom. The van der Waals surface area contributed by atoms with Gasteiger partial charge in [0.15, 0.2) is 23.0 Å². The van der Waals surface area contributed by atoms with Crippen molar-refractivity contribution in [3.63, 3.8) is 0 Å². The Bertz CT molecular complexity index is 1040. The standard InChI is InChI=1S/C24H21BrO4/c1-26-21-12-11-17(14-22(21)29-16-18-7-5-4-6-8-18)9-10-19-13-20(25)24(28-3)23(15-19)27-2/h4-8,11-15H,16H2,1-3H3. The first kappa shape index (κ1) is 20.6. The van der Waals surface area contributed by atoms with E-state index in [9.17, 15) is 0 Å². The van der Waals surface area contributed by atoms with Crippen LogP contribution in [-0.2, 0) is 6.61 Å². The summed E-state index contributed by atoms with van der Waals surface area (Å²) in [7, 11) is 4.82. The number of hydrogen-bond acceptors (Lipinski definition) is 4. The van der Waals surface area contributed by atoms with Crippen molar-refractivity contribution in [1.29, 1.82) is 0 Å². The largest absolute Gasteiger partial charge is 0.493 e. The maximum atomic E-state index is 5.96. The lowest BCUT2D eigenvalue weighted by Crippen LogP contribution is -1.98. The van der Waals surface area contributed by atoms with E-state index in [0.29, 0.717) is 29.6 Å². The number of methoxy groups -OCH3 is 3. The van der Waals surface area contributed by atoms with Gasteiger partial charge in [0.1, 0.15) is 6.61 Å². The molecule has 3 aromatic carbocycles. The molecule has 5 heteroatoms. The monoisotopic (exact) mass is 452 g/mol. The first-order valence-electron chi connectivity index (χ1n) is 8.93. The molecule has 0 aliphatic heterocycles. The van der Waals surface area contributed by atoms with Crippen molar-refractivity contribution in [2.24, 2.45) is 0 Å². The topological polar surface area (TPSA) is 36.9 Å². The minimum absolute atomic E-state index is 0.455. The Labute approximate surface area is 179 Å². The van der Waals surface area contributed by atoms with Crippen LogP contribution in [0.4, 0.5) is 0 Å². The van der Waals surface area contributed by atoms with E-state index in [4.69, 9.17) is 18.9 Å². The molecular weight excluding hydrogens is 432 g/mol. The van der Waals surface area contributed by atoms with Gasteiger partial charge in [0.25, 0.3) is 0 Å². The molecule has 0 unspecified atom stereocenters. The highest BCUT2D eigenvalue weighted by molar-refractivity contribution is 9.10. The van der Waals surface area contributed by atoms with Crippen molar-refractivity contribution >= 4 is 15.9 Å². The molecule has 0 radical (unpaired) electrons. The summed E-state index contributed by atoms with van der Waals surface area (Å²) in [4.78, 5) is 0. The molecule has 0 spiro atoms. The average Bonchev–Trinajstić information content (AvgIpc) is 2.76. The van der Waals surface area contributed by atoms with Crippen LogP contribution in [0.2, 0.25) is 0 Å². The van der Waals surface area contributed by atoms with E-state index >= 15 is 0 Å². The van der Waals surface area contributed by atoms with Crippen molar-refractivity contribution in [2.75, 3.05) is 21.3 Å². The quantitative estimate of drug-likeness (QED) is 0.465. The highest BCUT2D eigenvalue weighted by atomic mass is 79.9. The van der Waals surface area contributed by atoms with E-state index in [-0.39, 0.29) is 0 Å². The maximum Gasteiger partial charge on any atom is 0.174 e. The van der Waals surface area contributed by atoms with Crippen LogP contribution in [0.5, 0.6) is 23.0 Å². The maximum absolute atomic E-state index is 5.96. The minimum atomic E-state index is 0.455. The molecule has 0 aliphatic rings. The highest BCUT2D eigenvalue weighted by Crippen LogP contribution is 2.36. The summed E-state index contributed by atoms with van der Waals surface area (Å²) in [6.45, 7) is 0.455. The number of rotatable bonds is 6. The number of benzene rings is 3. The Morgan fingerprint density at radius 2 is 1.41 bits per heavy atom. The molecule has 0 atom stereocenters. The van der Waals surface area contributed by atoms with Gasteiger partial charge in [0.2, 0.25) is 0 Å². The zero-order chi connectivity index (χ0) is 20.6. The van der Waals surface area contributed by atoms with Crippen LogP contribution >= 0.6 is 15.9 Å². The second-order valence-corrected chi connectivity index (χ2v) is 6.94. The molecule has 0 saturated carbocycles. The molecule has 0 aliphatic carbocycles. The summed E-state index contributed by atoms with van der Waals surface area (Å²) in [5, 5.41) is 0. The lowest BCUT2D eigenvalue weighted by Gasteiger charge is -2.11. The third-order valence-corrected chi connectivity index (χ3v) is 4.77. The van der Waals surface area contributed by atoms with E-state index in [2.05, 4.69) is 27.8 Å².